The SMILES string of the molecule is CC(C)(OC1OC(CO)C(O)C(O)C1O)C1C(CO)OC(OC(C)(C)C2C(O)COC2C(O)CO)C(O)C1O. The third kappa shape index (κ3) is 6.58. The molecule has 3 aliphatic heterocycles. The first-order valence-corrected chi connectivity index (χ1v) is 13.0. The Morgan fingerprint density at radius 1 is 0.692 bits per heavy atom. The molecule has 0 saturated carbocycles. The summed E-state index contributed by atoms with van der Waals surface area (Å²) in [5.74, 6) is -2.00. The quantitative estimate of drug-likeness (QED) is 0.118. The van der Waals surface area contributed by atoms with Gasteiger partial charge in [0.15, 0.2) is 12.6 Å². The van der Waals surface area contributed by atoms with Crippen molar-refractivity contribution in [3.05, 3.63) is 0 Å². The van der Waals surface area contributed by atoms with Crippen LogP contribution in [-0.4, -0.2) is 162 Å². The van der Waals surface area contributed by atoms with Gasteiger partial charge in [0.25, 0.3) is 0 Å². The Kier molecular flexibility index (Phi) is 10.7. The Labute approximate surface area is 226 Å². The molecule has 0 amide bonds. The first-order chi connectivity index (χ1) is 18.1. The molecule has 3 heterocycles. The molecule has 15 heteroatoms. The highest BCUT2D eigenvalue weighted by atomic mass is 16.7. The number of hydrogen-bond donors (Lipinski definition) is 10. The van der Waals surface area contributed by atoms with Crippen LogP contribution in [0.3, 0.4) is 0 Å². The minimum atomic E-state index is -1.72. The lowest BCUT2D eigenvalue weighted by Gasteiger charge is -2.51. The van der Waals surface area contributed by atoms with Gasteiger partial charge in [-0.25, -0.2) is 0 Å². The molecule has 0 aromatic rings. The summed E-state index contributed by atoms with van der Waals surface area (Å²) < 4.78 is 28.5. The molecule has 0 aromatic carbocycles. The fourth-order valence-electron chi connectivity index (χ4n) is 5.91. The number of aliphatic hydroxyl groups excluding tert-OH is 10. The van der Waals surface area contributed by atoms with Gasteiger partial charge < -0.3 is 74.7 Å². The van der Waals surface area contributed by atoms with Crippen LogP contribution < -0.4 is 0 Å². The maximum Gasteiger partial charge on any atom is 0.187 e. The third-order valence-electron chi connectivity index (χ3n) is 7.97. The minimum absolute atomic E-state index is 0.124. The Hall–Kier alpha value is -0.600. The molecule has 3 saturated heterocycles. The van der Waals surface area contributed by atoms with Crippen molar-refractivity contribution in [2.24, 2.45) is 11.8 Å². The van der Waals surface area contributed by atoms with Gasteiger partial charge >= 0.3 is 0 Å². The zero-order valence-corrected chi connectivity index (χ0v) is 22.4. The zero-order chi connectivity index (χ0) is 29.4. The van der Waals surface area contributed by atoms with Crippen LogP contribution in [-0.2, 0) is 23.7 Å². The maximum atomic E-state index is 11.1. The van der Waals surface area contributed by atoms with Crippen LogP contribution in [0.2, 0.25) is 0 Å². The maximum absolute atomic E-state index is 11.1. The van der Waals surface area contributed by atoms with Crippen molar-refractivity contribution < 1.29 is 74.7 Å². The largest absolute Gasteiger partial charge is 0.394 e. The fourth-order valence-corrected chi connectivity index (χ4v) is 5.91. The summed E-state index contributed by atoms with van der Waals surface area (Å²) in [7, 11) is 0. The molecule has 0 aromatic heterocycles. The molecule has 10 N–H and O–H groups in total. The van der Waals surface area contributed by atoms with E-state index in [9.17, 15) is 51.1 Å². The van der Waals surface area contributed by atoms with Crippen molar-refractivity contribution in [2.75, 3.05) is 26.4 Å². The molecule has 0 aliphatic carbocycles. The molecule has 230 valence electrons. The van der Waals surface area contributed by atoms with Crippen molar-refractivity contribution in [1.29, 1.82) is 0 Å². The zero-order valence-electron chi connectivity index (χ0n) is 22.4. The van der Waals surface area contributed by atoms with Crippen LogP contribution in [0.4, 0.5) is 0 Å². The Morgan fingerprint density at radius 2 is 1.18 bits per heavy atom. The van der Waals surface area contributed by atoms with Crippen LogP contribution in [0.1, 0.15) is 27.7 Å². The van der Waals surface area contributed by atoms with E-state index in [0.29, 0.717) is 0 Å². The summed E-state index contributed by atoms with van der Waals surface area (Å²) in [6, 6.07) is 0. The van der Waals surface area contributed by atoms with Gasteiger partial charge in [-0.3, -0.25) is 0 Å². The van der Waals surface area contributed by atoms with Crippen LogP contribution in [0.5, 0.6) is 0 Å². The smallest absolute Gasteiger partial charge is 0.187 e. The van der Waals surface area contributed by atoms with Crippen molar-refractivity contribution in [2.45, 2.75) is 113 Å². The second kappa shape index (κ2) is 12.7. The van der Waals surface area contributed by atoms with Gasteiger partial charge in [0.1, 0.15) is 36.6 Å². The first kappa shape index (κ1) is 32.9. The highest BCUT2D eigenvalue weighted by molar-refractivity contribution is 5.02. The van der Waals surface area contributed by atoms with Gasteiger partial charge in [0, 0.05) is 11.8 Å². The number of aliphatic hydroxyl groups is 10. The summed E-state index contributed by atoms with van der Waals surface area (Å²) in [6.45, 7) is 3.98. The molecule has 0 spiro atoms. The monoisotopic (exact) mass is 572 g/mol. The molecule has 3 rings (SSSR count). The molecule has 0 bridgehead atoms. The van der Waals surface area contributed by atoms with E-state index in [1.807, 2.05) is 0 Å². The molecular formula is C24H44O15. The normalized spacial score (nSPS) is 44.9. The fraction of sp³-hybridized carbons (Fsp3) is 1.00. The van der Waals surface area contributed by atoms with E-state index in [0.717, 1.165) is 0 Å². The lowest BCUT2D eigenvalue weighted by molar-refractivity contribution is -0.364. The molecule has 15 nitrogen and oxygen atoms in total. The molecule has 14 unspecified atom stereocenters. The third-order valence-corrected chi connectivity index (χ3v) is 7.97. The molecule has 39 heavy (non-hydrogen) atoms. The average Bonchev–Trinajstić information content (AvgIpc) is 3.28. The van der Waals surface area contributed by atoms with Crippen LogP contribution in [0.25, 0.3) is 0 Å². The summed E-state index contributed by atoms with van der Waals surface area (Å²) in [5, 5.41) is 102. The standard InChI is InChI=1S/C24H44O15/c1-23(2,13-10(29)8-35-20(13)9(28)5-25)38-21-18(33)16(31)14(11(6-26)36-21)24(3,4)39-22-19(34)17(32)15(30)12(7-27)37-22/h9-22,25-34H,5-8H2,1-4H3. The van der Waals surface area contributed by atoms with Gasteiger partial charge in [0.05, 0.1) is 62.0 Å². The number of hydrogen-bond acceptors (Lipinski definition) is 15. The molecule has 3 fully saturated rings. The summed E-state index contributed by atoms with van der Waals surface area (Å²) >= 11 is 0. The summed E-state index contributed by atoms with van der Waals surface area (Å²) in [5.41, 5.74) is -2.81. The van der Waals surface area contributed by atoms with E-state index in [1.165, 1.54) is 13.8 Å². The van der Waals surface area contributed by atoms with Gasteiger partial charge in [-0.1, -0.05) is 0 Å². The van der Waals surface area contributed by atoms with E-state index in [-0.39, 0.29) is 6.61 Å². The average molecular weight is 573 g/mol. The summed E-state index contributed by atoms with van der Waals surface area (Å²) in [4.78, 5) is 0. The molecule has 0 radical (unpaired) electrons. The van der Waals surface area contributed by atoms with E-state index in [4.69, 9.17) is 23.7 Å². The van der Waals surface area contributed by atoms with Gasteiger partial charge in [0.2, 0.25) is 0 Å². The lowest BCUT2D eigenvalue weighted by Crippen LogP contribution is -2.66. The topological polar surface area (TPSA) is 248 Å². The van der Waals surface area contributed by atoms with E-state index in [1.54, 1.807) is 13.8 Å². The Morgan fingerprint density at radius 3 is 1.69 bits per heavy atom. The first-order valence-electron chi connectivity index (χ1n) is 13.0. The second-order valence-corrected chi connectivity index (χ2v) is 11.5. The van der Waals surface area contributed by atoms with Crippen molar-refractivity contribution in [1.82, 2.24) is 0 Å². The predicted molar refractivity (Wildman–Crippen MR) is 128 cm³/mol. The highest BCUT2D eigenvalue weighted by Crippen LogP contribution is 2.42. The Balaban J connectivity index is 1.77. The lowest BCUT2D eigenvalue weighted by atomic mass is 9.77. The number of ether oxygens (including phenoxy) is 5. The number of rotatable bonds is 10. The minimum Gasteiger partial charge on any atom is -0.394 e. The van der Waals surface area contributed by atoms with Crippen LogP contribution >= 0.6 is 0 Å². The van der Waals surface area contributed by atoms with Crippen LogP contribution in [0, 0.1) is 11.8 Å². The van der Waals surface area contributed by atoms with Crippen molar-refractivity contribution in [3.8, 4) is 0 Å². The molecular weight excluding hydrogens is 528 g/mol. The van der Waals surface area contributed by atoms with Crippen LogP contribution in [0.15, 0.2) is 0 Å². The predicted octanol–water partition coefficient (Wildman–Crippen LogP) is -4.84. The van der Waals surface area contributed by atoms with Gasteiger partial charge in [-0.15, -0.1) is 0 Å². The molecule has 14 atom stereocenters. The second-order valence-electron chi connectivity index (χ2n) is 11.5. The van der Waals surface area contributed by atoms with E-state index >= 15 is 0 Å². The van der Waals surface area contributed by atoms with Crippen molar-refractivity contribution in [3.63, 3.8) is 0 Å². The van der Waals surface area contributed by atoms with E-state index < -0.39 is 116 Å². The van der Waals surface area contributed by atoms with Gasteiger partial charge in [-0.2, -0.15) is 0 Å². The van der Waals surface area contributed by atoms with E-state index in [2.05, 4.69) is 0 Å². The molecule has 3 aliphatic rings. The van der Waals surface area contributed by atoms with Crippen molar-refractivity contribution >= 4 is 0 Å². The highest BCUT2D eigenvalue weighted by Gasteiger charge is 2.57. The van der Waals surface area contributed by atoms with Gasteiger partial charge in [-0.05, 0) is 27.7 Å². The summed E-state index contributed by atoms with van der Waals surface area (Å²) in [6.07, 6.45) is -17.2. The Bertz CT molecular complexity index is 779.